The summed E-state index contributed by atoms with van der Waals surface area (Å²) in [5.41, 5.74) is 0. The average molecular weight is 213 g/mol. The van der Waals surface area contributed by atoms with E-state index in [4.69, 9.17) is 0 Å². The standard InChI is InChI=1S/C9H15N3OS/c1-2-14(13)7-6-10-8-9-11-4-3-5-12-9/h3-5,10H,2,6-8H2,1H3. The summed E-state index contributed by atoms with van der Waals surface area (Å²) in [6.07, 6.45) is 3.43. The van der Waals surface area contributed by atoms with Gasteiger partial charge in [-0.05, 0) is 6.07 Å². The van der Waals surface area contributed by atoms with Crippen LogP contribution in [0.4, 0.5) is 0 Å². The maximum atomic E-state index is 11.1. The largest absolute Gasteiger partial charge is 0.309 e. The van der Waals surface area contributed by atoms with Crippen molar-refractivity contribution in [3.05, 3.63) is 24.3 Å². The third-order valence-electron chi connectivity index (χ3n) is 1.73. The molecular weight excluding hydrogens is 198 g/mol. The van der Waals surface area contributed by atoms with Crippen molar-refractivity contribution in [3.63, 3.8) is 0 Å². The molecule has 0 amide bonds. The van der Waals surface area contributed by atoms with Crippen LogP contribution in [-0.4, -0.2) is 32.2 Å². The van der Waals surface area contributed by atoms with Crippen LogP contribution in [0, 0.1) is 0 Å². The number of rotatable bonds is 6. The van der Waals surface area contributed by atoms with Gasteiger partial charge in [-0.25, -0.2) is 9.97 Å². The predicted octanol–water partition coefficient (Wildman–Crippen LogP) is 0.335. The second kappa shape index (κ2) is 6.62. The van der Waals surface area contributed by atoms with Crippen molar-refractivity contribution in [1.29, 1.82) is 0 Å². The van der Waals surface area contributed by atoms with Gasteiger partial charge in [-0.3, -0.25) is 4.21 Å². The first-order valence-electron chi connectivity index (χ1n) is 4.64. The molecule has 1 atom stereocenters. The highest BCUT2D eigenvalue weighted by molar-refractivity contribution is 7.84. The molecule has 1 aromatic heterocycles. The smallest absolute Gasteiger partial charge is 0.141 e. The SMILES string of the molecule is CCS(=O)CCNCc1ncccn1. The minimum absolute atomic E-state index is 0.641. The lowest BCUT2D eigenvalue weighted by atomic mass is 10.5. The number of hydrogen-bond donors (Lipinski definition) is 1. The van der Waals surface area contributed by atoms with Gasteiger partial charge in [0.15, 0.2) is 0 Å². The van der Waals surface area contributed by atoms with Crippen molar-refractivity contribution in [2.75, 3.05) is 18.1 Å². The highest BCUT2D eigenvalue weighted by atomic mass is 32.2. The Morgan fingerprint density at radius 2 is 2.14 bits per heavy atom. The third kappa shape index (κ3) is 4.43. The lowest BCUT2D eigenvalue weighted by Gasteiger charge is -2.02. The normalized spacial score (nSPS) is 12.6. The third-order valence-corrected chi connectivity index (χ3v) is 3.03. The van der Waals surface area contributed by atoms with Crippen molar-refractivity contribution >= 4 is 10.8 Å². The van der Waals surface area contributed by atoms with Crippen LogP contribution in [0.2, 0.25) is 0 Å². The fourth-order valence-electron chi connectivity index (χ4n) is 0.952. The molecular formula is C9H15N3OS. The first kappa shape index (κ1) is 11.3. The molecule has 0 aliphatic rings. The zero-order chi connectivity index (χ0) is 10.2. The second-order valence-corrected chi connectivity index (χ2v) is 4.64. The predicted molar refractivity (Wildman–Crippen MR) is 57.3 cm³/mol. The van der Waals surface area contributed by atoms with Crippen molar-refractivity contribution in [2.24, 2.45) is 0 Å². The fraction of sp³-hybridized carbons (Fsp3) is 0.556. The van der Waals surface area contributed by atoms with Crippen molar-refractivity contribution in [1.82, 2.24) is 15.3 Å². The maximum Gasteiger partial charge on any atom is 0.141 e. The molecule has 1 heterocycles. The molecule has 14 heavy (non-hydrogen) atoms. The van der Waals surface area contributed by atoms with E-state index < -0.39 is 10.8 Å². The molecule has 78 valence electrons. The Morgan fingerprint density at radius 3 is 2.79 bits per heavy atom. The second-order valence-electron chi connectivity index (χ2n) is 2.77. The maximum absolute atomic E-state index is 11.1. The Kier molecular flexibility index (Phi) is 5.32. The molecule has 0 fully saturated rings. The van der Waals surface area contributed by atoms with Crippen LogP contribution in [0.5, 0.6) is 0 Å². The number of aromatic nitrogens is 2. The lowest BCUT2D eigenvalue weighted by molar-refractivity contribution is 0.665. The summed E-state index contributed by atoms with van der Waals surface area (Å²) in [7, 11) is -0.688. The van der Waals surface area contributed by atoms with Crippen LogP contribution < -0.4 is 5.32 Å². The number of nitrogens with one attached hydrogen (secondary N) is 1. The van der Waals surface area contributed by atoms with Gasteiger partial charge in [0.05, 0.1) is 6.54 Å². The number of hydrogen-bond acceptors (Lipinski definition) is 4. The summed E-state index contributed by atoms with van der Waals surface area (Å²) in [5, 5.41) is 3.15. The molecule has 0 saturated carbocycles. The van der Waals surface area contributed by atoms with Crippen LogP contribution in [0.25, 0.3) is 0 Å². The molecule has 0 aliphatic heterocycles. The van der Waals surface area contributed by atoms with Gasteiger partial charge < -0.3 is 5.32 Å². The van der Waals surface area contributed by atoms with Gasteiger partial charge in [0.2, 0.25) is 0 Å². The van der Waals surface area contributed by atoms with Gasteiger partial charge >= 0.3 is 0 Å². The summed E-state index contributed by atoms with van der Waals surface area (Å²) < 4.78 is 11.1. The van der Waals surface area contributed by atoms with E-state index in [0.29, 0.717) is 12.3 Å². The number of nitrogens with zero attached hydrogens (tertiary/aromatic N) is 2. The summed E-state index contributed by atoms with van der Waals surface area (Å²) in [4.78, 5) is 8.13. The summed E-state index contributed by atoms with van der Waals surface area (Å²) in [6, 6.07) is 1.79. The highest BCUT2D eigenvalue weighted by Gasteiger charge is 1.96. The Hall–Kier alpha value is -0.810. The Balaban J connectivity index is 2.13. The zero-order valence-electron chi connectivity index (χ0n) is 8.27. The van der Waals surface area contributed by atoms with E-state index in [2.05, 4.69) is 15.3 Å². The molecule has 0 saturated heterocycles. The van der Waals surface area contributed by atoms with Crippen molar-refractivity contribution in [3.8, 4) is 0 Å². The van der Waals surface area contributed by atoms with E-state index in [0.717, 1.165) is 18.1 Å². The average Bonchev–Trinajstić information content (AvgIpc) is 2.25. The summed E-state index contributed by atoms with van der Waals surface area (Å²) in [6.45, 7) is 3.32. The molecule has 0 spiro atoms. The molecule has 4 nitrogen and oxygen atoms in total. The molecule has 0 aromatic carbocycles. The molecule has 1 aromatic rings. The van der Waals surface area contributed by atoms with E-state index in [9.17, 15) is 4.21 Å². The molecule has 5 heteroatoms. The van der Waals surface area contributed by atoms with Crippen molar-refractivity contribution in [2.45, 2.75) is 13.5 Å². The molecule has 1 rings (SSSR count). The Morgan fingerprint density at radius 1 is 1.43 bits per heavy atom. The van der Waals surface area contributed by atoms with Gasteiger partial charge in [-0.15, -0.1) is 0 Å². The monoisotopic (exact) mass is 213 g/mol. The molecule has 1 N–H and O–H groups in total. The van der Waals surface area contributed by atoms with Gasteiger partial charge in [0, 0.05) is 41.2 Å². The fourth-order valence-corrected chi connectivity index (χ4v) is 1.61. The summed E-state index contributed by atoms with van der Waals surface area (Å²) >= 11 is 0. The van der Waals surface area contributed by atoms with Gasteiger partial charge in [0.1, 0.15) is 5.82 Å². The van der Waals surface area contributed by atoms with Gasteiger partial charge in [-0.1, -0.05) is 6.92 Å². The lowest BCUT2D eigenvalue weighted by Crippen LogP contribution is -2.21. The van der Waals surface area contributed by atoms with Crippen LogP contribution in [-0.2, 0) is 17.3 Å². The molecule has 0 aliphatic carbocycles. The van der Waals surface area contributed by atoms with Gasteiger partial charge in [-0.2, -0.15) is 0 Å². The van der Waals surface area contributed by atoms with E-state index in [1.165, 1.54) is 0 Å². The highest BCUT2D eigenvalue weighted by Crippen LogP contribution is 1.86. The topological polar surface area (TPSA) is 54.9 Å². The van der Waals surface area contributed by atoms with E-state index in [1.54, 1.807) is 18.5 Å². The quantitative estimate of drug-likeness (QED) is 0.692. The van der Waals surface area contributed by atoms with E-state index in [1.807, 2.05) is 6.92 Å². The first-order valence-corrected chi connectivity index (χ1v) is 6.13. The molecule has 0 radical (unpaired) electrons. The van der Waals surface area contributed by atoms with Crippen LogP contribution in [0.3, 0.4) is 0 Å². The van der Waals surface area contributed by atoms with Crippen LogP contribution in [0.15, 0.2) is 18.5 Å². The molecule has 0 bridgehead atoms. The Bertz CT molecular complexity index is 279. The van der Waals surface area contributed by atoms with Crippen LogP contribution >= 0.6 is 0 Å². The minimum Gasteiger partial charge on any atom is -0.309 e. The van der Waals surface area contributed by atoms with Crippen molar-refractivity contribution < 1.29 is 4.21 Å². The minimum atomic E-state index is -0.688. The van der Waals surface area contributed by atoms with E-state index in [-0.39, 0.29) is 0 Å². The Labute approximate surface area is 86.6 Å². The van der Waals surface area contributed by atoms with E-state index >= 15 is 0 Å². The van der Waals surface area contributed by atoms with Crippen LogP contribution in [0.1, 0.15) is 12.7 Å². The van der Waals surface area contributed by atoms with Gasteiger partial charge in [0.25, 0.3) is 0 Å². The summed E-state index contributed by atoms with van der Waals surface area (Å²) in [5.74, 6) is 2.20. The first-order chi connectivity index (χ1) is 6.83. The molecule has 1 unspecified atom stereocenters. The zero-order valence-corrected chi connectivity index (χ0v) is 9.09.